The summed E-state index contributed by atoms with van der Waals surface area (Å²) in [7, 11) is 0. The lowest BCUT2D eigenvalue weighted by atomic mass is 10.0. The number of nitrogens with zero attached hydrogens (tertiary/aromatic N) is 5. The van der Waals surface area contributed by atoms with Crippen LogP contribution in [0.2, 0.25) is 0 Å². The van der Waals surface area contributed by atoms with Gasteiger partial charge in [0.05, 0.1) is 11.4 Å². The minimum Gasteiger partial charge on any atom is -0.383 e. The summed E-state index contributed by atoms with van der Waals surface area (Å²) >= 11 is 0. The number of benzene rings is 2. The highest BCUT2D eigenvalue weighted by molar-refractivity contribution is 6.04. The first-order valence-corrected chi connectivity index (χ1v) is 12.6. The van der Waals surface area contributed by atoms with E-state index in [1.807, 2.05) is 73.7 Å². The topological polar surface area (TPSA) is 120 Å². The van der Waals surface area contributed by atoms with Crippen molar-refractivity contribution in [2.75, 3.05) is 5.73 Å². The number of hydrogen-bond acceptors (Lipinski definition) is 6. The van der Waals surface area contributed by atoms with Gasteiger partial charge in [-0.25, -0.2) is 9.97 Å². The number of hydrogen-bond donors (Lipinski definition) is 2. The summed E-state index contributed by atoms with van der Waals surface area (Å²) in [4.78, 5) is 40.1. The number of nitrogen functional groups attached to an aromatic ring is 1. The minimum absolute atomic E-state index is 0.0687. The number of nitrogens with two attached hydrogens (primary N) is 1. The van der Waals surface area contributed by atoms with Crippen molar-refractivity contribution in [3.63, 3.8) is 0 Å². The van der Waals surface area contributed by atoms with Gasteiger partial charge >= 0.3 is 0 Å². The van der Waals surface area contributed by atoms with E-state index in [9.17, 15) is 9.59 Å². The van der Waals surface area contributed by atoms with Crippen molar-refractivity contribution in [1.82, 2.24) is 29.2 Å². The van der Waals surface area contributed by atoms with E-state index in [0.29, 0.717) is 33.4 Å². The third-order valence-corrected chi connectivity index (χ3v) is 6.58. The fraction of sp³-hybridized carbons (Fsp3) is 0.0645. The van der Waals surface area contributed by atoms with E-state index in [2.05, 4.69) is 32.1 Å². The second-order valence-electron chi connectivity index (χ2n) is 9.16. The zero-order valence-corrected chi connectivity index (χ0v) is 21.4. The number of imidazole rings is 1. The first-order valence-electron chi connectivity index (χ1n) is 12.6. The molecule has 0 spiro atoms. The zero-order chi connectivity index (χ0) is 27.6. The Morgan fingerprint density at radius 1 is 1.00 bits per heavy atom. The van der Waals surface area contributed by atoms with Crippen molar-refractivity contribution in [3.8, 4) is 17.5 Å². The number of rotatable bonds is 4. The highest BCUT2D eigenvalue weighted by Crippen LogP contribution is 2.24. The molecule has 40 heavy (non-hydrogen) atoms. The van der Waals surface area contributed by atoms with Gasteiger partial charge in [-0.1, -0.05) is 42.2 Å². The summed E-state index contributed by atoms with van der Waals surface area (Å²) in [6.45, 7) is 1.82. The van der Waals surface area contributed by atoms with Crippen molar-refractivity contribution >= 4 is 28.1 Å². The molecule has 4 aromatic heterocycles. The average Bonchev–Trinajstić information content (AvgIpc) is 3.45. The van der Waals surface area contributed by atoms with Gasteiger partial charge in [-0.3, -0.25) is 23.5 Å². The summed E-state index contributed by atoms with van der Waals surface area (Å²) in [5.74, 6) is 5.86. The number of aromatic nitrogens is 5. The third-order valence-electron chi connectivity index (χ3n) is 6.58. The molecule has 3 N–H and O–H groups in total. The van der Waals surface area contributed by atoms with Crippen molar-refractivity contribution < 1.29 is 4.79 Å². The fourth-order valence-corrected chi connectivity index (χ4v) is 4.69. The quantitative estimate of drug-likeness (QED) is 0.337. The molecular formula is C31H23N7O2. The Morgan fingerprint density at radius 2 is 1.85 bits per heavy atom. The van der Waals surface area contributed by atoms with Gasteiger partial charge in [-0.15, -0.1) is 0 Å². The standard InChI is InChI=1S/C31H23N7O2/c1-20(36-30(39)27-28(32)35-19-37-16-15-34-29(27)37)25-17-23-9-5-8-22(13-12-21-7-6-14-33-18-21)26(23)31(40)38(25)24-10-3-2-4-11-24/h2-11,14-20H,32H2,1H3,(H,36,39). The Hall–Kier alpha value is -5.75. The Kier molecular flexibility index (Phi) is 6.26. The smallest absolute Gasteiger partial charge is 0.264 e. The number of amides is 1. The predicted octanol–water partition coefficient (Wildman–Crippen LogP) is 3.90. The summed E-state index contributed by atoms with van der Waals surface area (Å²) < 4.78 is 3.24. The summed E-state index contributed by atoms with van der Waals surface area (Å²) in [5, 5.41) is 4.19. The van der Waals surface area contributed by atoms with Crippen LogP contribution in [0.15, 0.2) is 103 Å². The van der Waals surface area contributed by atoms with Crippen molar-refractivity contribution in [1.29, 1.82) is 0 Å². The van der Waals surface area contributed by atoms with E-state index in [1.54, 1.807) is 33.8 Å². The van der Waals surface area contributed by atoms with Crippen LogP contribution in [0.4, 0.5) is 5.82 Å². The summed E-state index contributed by atoms with van der Waals surface area (Å²) in [6, 6.07) is 19.9. The number of fused-ring (bicyclic) bond motifs is 2. The highest BCUT2D eigenvalue weighted by atomic mass is 16.2. The fourth-order valence-electron chi connectivity index (χ4n) is 4.69. The Balaban J connectivity index is 1.48. The lowest BCUT2D eigenvalue weighted by Gasteiger charge is -2.21. The van der Waals surface area contributed by atoms with Gasteiger partial charge in [0, 0.05) is 47.3 Å². The average molecular weight is 526 g/mol. The lowest BCUT2D eigenvalue weighted by Crippen LogP contribution is -2.33. The minimum atomic E-state index is -0.579. The maximum atomic E-state index is 14.2. The first-order chi connectivity index (χ1) is 19.5. The van der Waals surface area contributed by atoms with Crippen molar-refractivity contribution in [3.05, 3.63) is 131 Å². The molecule has 1 unspecified atom stereocenters. The van der Waals surface area contributed by atoms with E-state index >= 15 is 0 Å². The van der Waals surface area contributed by atoms with Crippen LogP contribution in [0, 0.1) is 11.8 Å². The Labute approximate surface area is 229 Å². The largest absolute Gasteiger partial charge is 0.383 e. The molecule has 9 nitrogen and oxygen atoms in total. The molecule has 0 radical (unpaired) electrons. The van der Waals surface area contributed by atoms with Gasteiger partial charge < -0.3 is 11.1 Å². The van der Waals surface area contributed by atoms with Crippen LogP contribution in [0.5, 0.6) is 0 Å². The molecule has 0 saturated heterocycles. The lowest BCUT2D eigenvalue weighted by molar-refractivity contribution is 0.0940. The van der Waals surface area contributed by atoms with E-state index in [-0.39, 0.29) is 16.9 Å². The van der Waals surface area contributed by atoms with Gasteiger partial charge in [0.15, 0.2) is 5.65 Å². The van der Waals surface area contributed by atoms with Crippen LogP contribution in [-0.2, 0) is 0 Å². The van der Waals surface area contributed by atoms with Gasteiger partial charge in [0.2, 0.25) is 0 Å². The molecule has 6 rings (SSSR count). The van der Waals surface area contributed by atoms with E-state index in [1.165, 1.54) is 6.33 Å². The summed E-state index contributed by atoms with van der Waals surface area (Å²) in [5.41, 5.74) is 9.00. The molecule has 0 aliphatic carbocycles. The molecule has 0 aliphatic rings. The maximum absolute atomic E-state index is 14.2. The van der Waals surface area contributed by atoms with E-state index < -0.39 is 11.9 Å². The molecule has 0 bridgehead atoms. The van der Waals surface area contributed by atoms with Crippen molar-refractivity contribution in [2.45, 2.75) is 13.0 Å². The number of nitrogens with one attached hydrogen (secondary N) is 1. The van der Waals surface area contributed by atoms with Crippen LogP contribution >= 0.6 is 0 Å². The molecule has 0 saturated carbocycles. The van der Waals surface area contributed by atoms with E-state index in [0.717, 1.165) is 5.56 Å². The molecule has 4 heterocycles. The summed E-state index contributed by atoms with van der Waals surface area (Å²) in [6.07, 6.45) is 8.12. The normalized spacial score (nSPS) is 11.6. The number of para-hydroxylation sites is 1. The molecule has 6 aromatic rings. The predicted molar refractivity (Wildman–Crippen MR) is 153 cm³/mol. The molecule has 1 atom stereocenters. The zero-order valence-electron chi connectivity index (χ0n) is 21.4. The van der Waals surface area contributed by atoms with Crippen LogP contribution in [0.25, 0.3) is 22.1 Å². The second-order valence-corrected chi connectivity index (χ2v) is 9.16. The van der Waals surface area contributed by atoms with Crippen LogP contribution in [-0.4, -0.2) is 29.8 Å². The number of pyridine rings is 2. The monoisotopic (exact) mass is 525 g/mol. The first kappa shape index (κ1) is 24.6. The third kappa shape index (κ3) is 4.44. The molecule has 1 amide bonds. The van der Waals surface area contributed by atoms with Crippen LogP contribution in [0.3, 0.4) is 0 Å². The molecule has 2 aromatic carbocycles. The molecular weight excluding hydrogens is 502 g/mol. The van der Waals surface area contributed by atoms with Gasteiger partial charge in [-0.2, -0.15) is 0 Å². The van der Waals surface area contributed by atoms with Crippen LogP contribution < -0.4 is 16.6 Å². The molecule has 0 aliphatic heterocycles. The number of carbonyl (C=O) groups excluding carboxylic acids is 1. The Bertz CT molecular complexity index is 2000. The number of anilines is 1. The molecule has 194 valence electrons. The SMILES string of the molecule is CC(NC(=O)c1c(N)ncn2ccnc12)c1cc2cccc(C#Cc3cccnc3)c2c(=O)n1-c1ccccc1. The van der Waals surface area contributed by atoms with Crippen molar-refractivity contribution in [2.24, 2.45) is 0 Å². The highest BCUT2D eigenvalue weighted by Gasteiger charge is 2.23. The van der Waals surface area contributed by atoms with E-state index in [4.69, 9.17) is 5.73 Å². The number of carbonyl (C=O) groups is 1. The van der Waals surface area contributed by atoms with Gasteiger partial charge in [0.1, 0.15) is 17.7 Å². The Morgan fingerprint density at radius 3 is 2.65 bits per heavy atom. The van der Waals surface area contributed by atoms with Gasteiger partial charge in [-0.05, 0) is 48.7 Å². The van der Waals surface area contributed by atoms with Crippen LogP contribution in [0.1, 0.15) is 40.1 Å². The maximum Gasteiger partial charge on any atom is 0.264 e. The molecule has 0 fully saturated rings. The van der Waals surface area contributed by atoms with Gasteiger partial charge in [0.25, 0.3) is 11.5 Å². The molecule has 9 heteroatoms. The second kappa shape index (κ2) is 10.2.